The molecule has 0 spiro atoms. The highest BCUT2D eigenvalue weighted by molar-refractivity contribution is 14.0. The number of benzene rings is 1. The molecule has 0 fully saturated rings. The van der Waals surface area contributed by atoms with Crippen LogP contribution in [0.4, 0.5) is 0 Å². The summed E-state index contributed by atoms with van der Waals surface area (Å²) in [7, 11) is 5.72. The zero-order valence-corrected chi connectivity index (χ0v) is 18.5. The first-order chi connectivity index (χ1) is 11.5. The predicted molar refractivity (Wildman–Crippen MR) is 116 cm³/mol. The molecular formula is C17H24Cl2IN5. The Kier molecular flexibility index (Phi) is 9.60. The SMILES string of the molecule is CN=C(NCCCc1ccc(Cl)cc1Cl)N(C)Cc1cnn(C)c1.I. The number of halogens is 3. The predicted octanol–water partition coefficient (Wildman–Crippen LogP) is 3.98. The lowest BCUT2D eigenvalue weighted by atomic mass is 10.1. The smallest absolute Gasteiger partial charge is 0.193 e. The van der Waals surface area contributed by atoms with Gasteiger partial charge in [0.05, 0.1) is 6.20 Å². The van der Waals surface area contributed by atoms with Crippen molar-refractivity contribution in [2.24, 2.45) is 12.0 Å². The van der Waals surface area contributed by atoms with Gasteiger partial charge < -0.3 is 10.2 Å². The third kappa shape index (κ3) is 7.03. The average Bonchev–Trinajstić information content (AvgIpc) is 2.94. The van der Waals surface area contributed by atoms with E-state index in [1.54, 1.807) is 17.8 Å². The fraction of sp³-hybridized carbons (Fsp3) is 0.412. The van der Waals surface area contributed by atoms with Gasteiger partial charge in [0.15, 0.2) is 5.96 Å². The molecule has 0 bridgehead atoms. The molecule has 0 aliphatic heterocycles. The van der Waals surface area contributed by atoms with Gasteiger partial charge >= 0.3 is 0 Å². The van der Waals surface area contributed by atoms with Crippen LogP contribution in [-0.4, -0.2) is 41.3 Å². The molecule has 2 aromatic rings. The summed E-state index contributed by atoms with van der Waals surface area (Å²) in [6, 6.07) is 5.64. The number of hydrogen-bond donors (Lipinski definition) is 1. The number of nitrogens with zero attached hydrogens (tertiary/aromatic N) is 4. The minimum atomic E-state index is 0. The number of aryl methyl sites for hydroxylation is 2. The highest BCUT2D eigenvalue weighted by atomic mass is 127. The van der Waals surface area contributed by atoms with E-state index in [1.165, 1.54) is 0 Å². The van der Waals surface area contributed by atoms with E-state index in [4.69, 9.17) is 23.2 Å². The van der Waals surface area contributed by atoms with E-state index in [-0.39, 0.29) is 24.0 Å². The first kappa shape index (κ1) is 22.1. The van der Waals surface area contributed by atoms with Crippen molar-refractivity contribution in [2.45, 2.75) is 19.4 Å². The molecule has 1 N–H and O–H groups in total. The van der Waals surface area contributed by atoms with E-state index in [2.05, 4.69) is 20.3 Å². The maximum Gasteiger partial charge on any atom is 0.193 e. The lowest BCUT2D eigenvalue weighted by Gasteiger charge is -2.21. The van der Waals surface area contributed by atoms with E-state index >= 15 is 0 Å². The summed E-state index contributed by atoms with van der Waals surface area (Å²) in [5.41, 5.74) is 2.26. The maximum atomic E-state index is 6.20. The number of guanidine groups is 1. The third-order valence-corrected chi connectivity index (χ3v) is 4.26. The molecule has 1 aromatic heterocycles. The first-order valence-corrected chi connectivity index (χ1v) is 8.58. The van der Waals surface area contributed by atoms with Gasteiger partial charge in [-0.05, 0) is 30.5 Å². The second-order valence-electron chi connectivity index (χ2n) is 5.69. The van der Waals surface area contributed by atoms with Crippen molar-refractivity contribution in [3.8, 4) is 0 Å². The Balaban J connectivity index is 0.00000312. The van der Waals surface area contributed by atoms with Crippen LogP contribution in [0.2, 0.25) is 10.0 Å². The Morgan fingerprint density at radius 2 is 2.12 bits per heavy atom. The van der Waals surface area contributed by atoms with Crippen LogP contribution < -0.4 is 5.32 Å². The van der Waals surface area contributed by atoms with Gasteiger partial charge in [-0.1, -0.05) is 29.3 Å². The fourth-order valence-corrected chi connectivity index (χ4v) is 2.99. The number of rotatable bonds is 6. The zero-order chi connectivity index (χ0) is 17.5. The monoisotopic (exact) mass is 495 g/mol. The first-order valence-electron chi connectivity index (χ1n) is 7.83. The molecular weight excluding hydrogens is 472 g/mol. The largest absolute Gasteiger partial charge is 0.356 e. The van der Waals surface area contributed by atoms with Gasteiger partial charge in [0.25, 0.3) is 0 Å². The summed E-state index contributed by atoms with van der Waals surface area (Å²) in [5.74, 6) is 0.862. The molecule has 0 saturated carbocycles. The molecule has 1 aromatic carbocycles. The average molecular weight is 496 g/mol. The van der Waals surface area contributed by atoms with Crippen LogP contribution in [0.25, 0.3) is 0 Å². The molecule has 0 amide bonds. The summed E-state index contributed by atoms with van der Waals surface area (Å²) in [6.45, 7) is 1.58. The van der Waals surface area contributed by atoms with Crippen molar-refractivity contribution in [1.82, 2.24) is 20.0 Å². The van der Waals surface area contributed by atoms with Crippen LogP contribution in [0, 0.1) is 0 Å². The summed E-state index contributed by atoms with van der Waals surface area (Å²) in [5, 5.41) is 8.95. The second kappa shape index (κ2) is 10.9. The van der Waals surface area contributed by atoms with Gasteiger partial charge in [-0.25, -0.2) is 0 Å². The fourth-order valence-electron chi connectivity index (χ4n) is 2.49. The molecule has 2 rings (SSSR count). The molecule has 0 atom stereocenters. The van der Waals surface area contributed by atoms with Crippen LogP contribution in [0.5, 0.6) is 0 Å². The quantitative estimate of drug-likeness (QED) is 0.285. The minimum Gasteiger partial charge on any atom is -0.356 e. The van der Waals surface area contributed by atoms with Crippen molar-refractivity contribution in [3.63, 3.8) is 0 Å². The molecule has 25 heavy (non-hydrogen) atoms. The van der Waals surface area contributed by atoms with Crippen LogP contribution in [-0.2, 0) is 20.0 Å². The van der Waals surface area contributed by atoms with Crippen LogP contribution in [0.3, 0.4) is 0 Å². The van der Waals surface area contributed by atoms with Gasteiger partial charge in [-0.2, -0.15) is 5.10 Å². The zero-order valence-electron chi connectivity index (χ0n) is 14.7. The molecule has 1 heterocycles. The molecule has 8 heteroatoms. The van der Waals surface area contributed by atoms with Gasteiger partial charge in [-0.3, -0.25) is 9.67 Å². The van der Waals surface area contributed by atoms with E-state index < -0.39 is 0 Å². The van der Waals surface area contributed by atoms with Crippen molar-refractivity contribution < 1.29 is 0 Å². The summed E-state index contributed by atoms with van der Waals surface area (Å²) < 4.78 is 1.80. The molecule has 0 aliphatic rings. The lowest BCUT2D eigenvalue weighted by molar-refractivity contribution is 0.475. The van der Waals surface area contributed by atoms with Crippen molar-refractivity contribution in [2.75, 3.05) is 20.6 Å². The van der Waals surface area contributed by atoms with Crippen LogP contribution >= 0.6 is 47.2 Å². The lowest BCUT2D eigenvalue weighted by Crippen LogP contribution is -2.38. The van der Waals surface area contributed by atoms with Crippen molar-refractivity contribution >= 4 is 53.1 Å². The van der Waals surface area contributed by atoms with E-state index in [0.717, 1.165) is 48.0 Å². The number of nitrogens with one attached hydrogen (secondary N) is 1. The molecule has 0 unspecified atom stereocenters. The molecule has 0 radical (unpaired) electrons. The molecule has 0 saturated heterocycles. The number of hydrogen-bond acceptors (Lipinski definition) is 2. The maximum absolute atomic E-state index is 6.20. The third-order valence-electron chi connectivity index (χ3n) is 3.67. The van der Waals surface area contributed by atoms with Gasteiger partial charge in [0.2, 0.25) is 0 Å². The second-order valence-corrected chi connectivity index (χ2v) is 6.54. The number of aliphatic imine (C=N–C) groups is 1. The van der Waals surface area contributed by atoms with Gasteiger partial charge in [-0.15, -0.1) is 24.0 Å². The van der Waals surface area contributed by atoms with Crippen LogP contribution in [0.1, 0.15) is 17.5 Å². The van der Waals surface area contributed by atoms with E-state index in [0.29, 0.717) is 5.02 Å². The van der Waals surface area contributed by atoms with Crippen molar-refractivity contribution in [1.29, 1.82) is 0 Å². The summed E-state index contributed by atoms with van der Waals surface area (Å²) in [4.78, 5) is 6.40. The Hall–Kier alpha value is -0.990. The highest BCUT2D eigenvalue weighted by Gasteiger charge is 2.08. The standard InChI is InChI=1S/C17H23Cl2N5.HI/c1-20-17(23(2)11-13-10-22-24(3)12-13)21-8-4-5-14-6-7-15(18)9-16(14)19;/h6-7,9-10,12H,4-5,8,11H2,1-3H3,(H,20,21);1H. The van der Waals surface area contributed by atoms with E-state index in [9.17, 15) is 0 Å². The van der Waals surface area contributed by atoms with Crippen molar-refractivity contribution in [3.05, 3.63) is 51.8 Å². The molecule has 0 aliphatic carbocycles. The van der Waals surface area contributed by atoms with Crippen LogP contribution in [0.15, 0.2) is 35.6 Å². The Bertz CT molecular complexity index is 702. The Morgan fingerprint density at radius 3 is 2.72 bits per heavy atom. The summed E-state index contributed by atoms with van der Waals surface area (Å²) in [6.07, 6.45) is 5.73. The van der Waals surface area contributed by atoms with E-state index in [1.807, 2.05) is 38.6 Å². The Labute approximate surface area is 176 Å². The van der Waals surface area contributed by atoms with Gasteiger partial charge in [0.1, 0.15) is 0 Å². The van der Waals surface area contributed by atoms with Gasteiger partial charge in [0, 0.05) is 56.0 Å². The number of aromatic nitrogens is 2. The minimum absolute atomic E-state index is 0. The Morgan fingerprint density at radius 1 is 1.36 bits per heavy atom. The normalized spacial score (nSPS) is 11.2. The highest BCUT2D eigenvalue weighted by Crippen LogP contribution is 2.21. The molecule has 138 valence electrons. The topological polar surface area (TPSA) is 45.5 Å². The molecule has 5 nitrogen and oxygen atoms in total. The summed E-state index contributed by atoms with van der Waals surface area (Å²) >= 11 is 12.1.